The highest BCUT2D eigenvalue weighted by Crippen LogP contribution is 2.43. The van der Waals surface area contributed by atoms with Gasteiger partial charge in [0.15, 0.2) is 0 Å². The molecule has 7 heteroatoms. The summed E-state index contributed by atoms with van der Waals surface area (Å²) in [6.07, 6.45) is 4.15. The van der Waals surface area contributed by atoms with E-state index in [9.17, 15) is 9.59 Å². The van der Waals surface area contributed by atoms with E-state index in [1.54, 1.807) is 19.2 Å². The van der Waals surface area contributed by atoms with Crippen molar-refractivity contribution in [2.45, 2.75) is 46.6 Å². The molecule has 1 aliphatic carbocycles. The maximum atomic E-state index is 12.7. The third-order valence-corrected chi connectivity index (χ3v) is 6.37. The first-order valence-electron chi connectivity index (χ1n) is 12.5. The minimum absolute atomic E-state index is 0.122. The van der Waals surface area contributed by atoms with Gasteiger partial charge in [-0.2, -0.15) is 0 Å². The smallest absolute Gasteiger partial charge is 0.338 e. The molecule has 1 aliphatic rings. The molecule has 0 radical (unpaired) electrons. The summed E-state index contributed by atoms with van der Waals surface area (Å²) in [5, 5.41) is 3.45. The van der Waals surface area contributed by atoms with Gasteiger partial charge >= 0.3 is 5.97 Å². The number of hydrogen-bond acceptors (Lipinski definition) is 5. The molecule has 0 atom stereocenters. The van der Waals surface area contributed by atoms with Gasteiger partial charge in [-0.05, 0) is 72.7 Å². The van der Waals surface area contributed by atoms with Gasteiger partial charge in [0, 0.05) is 23.4 Å². The molecule has 0 unspecified atom stereocenters. The lowest BCUT2D eigenvalue weighted by atomic mass is 9.95. The van der Waals surface area contributed by atoms with Gasteiger partial charge in [-0.15, -0.1) is 0 Å². The zero-order chi connectivity index (χ0) is 26.4. The van der Waals surface area contributed by atoms with Crippen LogP contribution in [-0.2, 0) is 16.1 Å². The first-order chi connectivity index (χ1) is 17.9. The molecule has 6 nitrogen and oxygen atoms in total. The number of carbonyl (C=O) groups excluding carboxylic acids is 2. The fraction of sp³-hybridized carbons (Fsp3) is 0.300. The number of allylic oxidation sites excluding steroid dienone is 2. The number of rotatable bonds is 9. The Bertz CT molecular complexity index is 1320. The topological polar surface area (TPSA) is 77.5 Å². The van der Waals surface area contributed by atoms with Crippen molar-refractivity contribution in [2.75, 3.05) is 11.9 Å². The lowest BCUT2D eigenvalue weighted by Crippen LogP contribution is -2.18. The molecule has 2 aromatic carbocycles. The van der Waals surface area contributed by atoms with E-state index in [0.717, 1.165) is 47.1 Å². The SMILES string of the molecule is CCOC(=O)c1cc(NC(=O)C(C)C)cc(C2=C(c3cc(Cl)cnc3OCc3ccccc3)CCC2)c1. The Kier molecular flexibility index (Phi) is 8.62. The van der Waals surface area contributed by atoms with Gasteiger partial charge < -0.3 is 14.8 Å². The van der Waals surface area contributed by atoms with Gasteiger partial charge in [-0.3, -0.25) is 4.79 Å². The van der Waals surface area contributed by atoms with E-state index in [1.807, 2.05) is 62.4 Å². The molecule has 0 saturated carbocycles. The number of carbonyl (C=O) groups is 2. The number of aromatic nitrogens is 1. The van der Waals surface area contributed by atoms with Crippen LogP contribution in [0.5, 0.6) is 5.88 Å². The Morgan fingerprint density at radius 2 is 1.81 bits per heavy atom. The van der Waals surface area contributed by atoms with Crippen molar-refractivity contribution in [3.8, 4) is 5.88 Å². The van der Waals surface area contributed by atoms with Gasteiger partial charge in [0.1, 0.15) is 6.61 Å². The molecule has 1 N–H and O–H groups in total. The first kappa shape index (κ1) is 26.4. The fourth-order valence-corrected chi connectivity index (χ4v) is 4.49. The lowest BCUT2D eigenvalue weighted by Gasteiger charge is -2.16. The third-order valence-electron chi connectivity index (χ3n) is 6.16. The van der Waals surface area contributed by atoms with Crippen LogP contribution in [0.3, 0.4) is 0 Å². The zero-order valence-corrected chi connectivity index (χ0v) is 22.1. The Balaban J connectivity index is 1.76. The number of nitrogens with zero attached hydrogens (tertiary/aromatic N) is 1. The van der Waals surface area contributed by atoms with Crippen molar-refractivity contribution < 1.29 is 19.1 Å². The summed E-state index contributed by atoms with van der Waals surface area (Å²) in [7, 11) is 0. The van der Waals surface area contributed by atoms with E-state index in [0.29, 0.717) is 28.8 Å². The molecule has 3 aromatic rings. The number of esters is 1. The van der Waals surface area contributed by atoms with Crippen molar-refractivity contribution >= 4 is 40.3 Å². The van der Waals surface area contributed by atoms with Crippen LogP contribution in [0.2, 0.25) is 5.02 Å². The minimum atomic E-state index is -0.430. The van der Waals surface area contributed by atoms with E-state index >= 15 is 0 Å². The Labute approximate surface area is 222 Å². The molecule has 4 rings (SSSR count). The molecular formula is C30H31ClN2O4. The summed E-state index contributed by atoms with van der Waals surface area (Å²) in [6.45, 7) is 6.07. The van der Waals surface area contributed by atoms with Crippen LogP contribution in [0.1, 0.15) is 67.1 Å². The highest BCUT2D eigenvalue weighted by molar-refractivity contribution is 6.30. The summed E-state index contributed by atoms with van der Waals surface area (Å²) >= 11 is 6.37. The molecule has 0 bridgehead atoms. The summed E-state index contributed by atoms with van der Waals surface area (Å²) in [5.41, 5.74) is 5.82. The number of halogens is 1. The highest BCUT2D eigenvalue weighted by atomic mass is 35.5. The van der Waals surface area contributed by atoms with Crippen molar-refractivity contribution in [3.05, 3.63) is 88.1 Å². The van der Waals surface area contributed by atoms with Crippen LogP contribution in [0.25, 0.3) is 11.1 Å². The first-order valence-corrected chi connectivity index (χ1v) is 12.9. The van der Waals surface area contributed by atoms with Crippen molar-refractivity contribution in [2.24, 2.45) is 5.92 Å². The Morgan fingerprint density at radius 3 is 2.54 bits per heavy atom. The summed E-state index contributed by atoms with van der Waals surface area (Å²) < 4.78 is 11.4. The van der Waals surface area contributed by atoms with Crippen LogP contribution in [-0.4, -0.2) is 23.5 Å². The molecule has 0 fully saturated rings. The second kappa shape index (κ2) is 12.1. The third kappa shape index (κ3) is 6.57. The number of amides is 1. The number of anilines is 1. The average Bonchev–Trinajstić information content (AvgIpc) is 3.38. The van der Waals surface area contributed by atoms with E-state index < -0.39 is 5.97 Å². The number of hydrogen-bond donors (Lipinski definition) is 1. The second-order valence-electron chi connectivity index (χ2n) is 9.25. The van der Waals surface area contributed by atoms with Crippen molar-refractivity contribution in [1.29, 1.82) is 0 Å². The summed E-state index contributed by atoms with van der Waals surface area (Å²) in [5.74, 6) is -0.237. The molecule has 0 spiro atoms. The van der Waals surface area contributed by atoms with E-state index in [1.165, 1.54) is 0 Å². The number of nitrogens with one attached hydrogen (secondary N) is 1. The molecular weight excluding hydrogens is 488 g/mol. The number of benzene rings is 2. The van der Waals surface area contributed by atoms with Crippen molar-refractivity contribution in [1.82, 2.24) is 4.98 Å². The van der Waals surface area contributed by atoms with Gasteiger partial charge in [-0.1, -0.05) is 55.8 Å². The van der Waals surface area contributed by atoms with E-state index in [4.69, 9.17) is 21.1 Å². The highest BCUT2D eigenvalue weighted by Gasteiger charge is 2.24. The minimum Gasteiger partial charge on any atom is -0.472 e. The van der Waals surface area contributed by atoms with Crippen molar-refractivity contribution in [3.63, 3.8) is 0 Å². The predicted molar refractivity (Wildman–Crippen MR) is 147 cm³/mol. The number of ether oxygens (including phenoxy) is 2. The Hall–Kier alpha value is -3.64. The largest absolute Gasteiger partial charge is 0.472 e. The number of pyridine rings is 1. The van der Waals surface area contributed by atoms with Gasteiger partial charge in [0.25, 0.3) is 0 Å². The second-order valence-corrected chi connectivity index (χ2v) is 9.69. The maximum absolute atomic E-state index is 12.7. The van der Waals surface area contributed by atoms with Crippen LogP contribution < -0.4 is 10.1 Å². The van der Waals surface area contributed by atoms with Gasteiger partial charge in [-0.25, -0.2) is 9.78 Å². The molecule has 1 aromatic heterocycles. The van der Waals surface area contributed by atoms with Crippen LogP contribution >= 0.6 is 11.6 Å². The van der Waals surface area contributed by atoms with Crippen LogP contribution in [0.4, 0.5) is 5.69 Å². The van der Waals surface area contributed by atoms with Crippen LogP contribution in [0, 0.1) is 5.92 Å². The molecule has 0 saturated heterocycles. The van der Waals surface area contributed by atoms with Crippen LogP contribution in [0.15, 0.2) is 60.8 Å². The lowest BCUT2D eigenvalue weighted by molar-refractivity contribution is -0.118. The summed E-state index contributed by atoms with van der Waals surface area (Å²) in [6, 6.07) is 17.2. The molecule has 0 aliphatic heterocycles. The Morgan fingerprint density at radius 1 is 1.05 bits per heavy atom. The standard InChI is InChI=1S/C30H31ClN2O4/c1-4-36-30(35)22-13-21(14-24(15-22)33-28(34)19(2)3)25-11-8-12-26(25)27-16-23(31)17-32-29(27)37-18-20-9-6-5-7-10-20/h5-7,9-10,13-17,19H,4,8,11-12,18H2,1-3H3,(H,33,34). The predicted octanol–water partition coefficient (Wildman–Crippen LogP) is 7.18. The quantitative estimate of drug-likeness (QED) is 0.303. The monoisotopic (exact) mass is 518 g/mol. The molecule has 1 heterocycles. The average molecular weight is 519 g/mol. The van der Waals surface area contributed by atoms with E-state index in [-0.39, 0.29) is 18.4 Å². The van der Waals surface area contributed by atoms with Gasteiger partial charge in [0.05, 0.1) is 17.2 Å². The molecule has 37 heavy (non-hydrogen) atoms. The molecule has 1 amide bonds. The van der Waals surface area contributed by atoms with E-state index in [2.05, 4.69) is 10.3 Å². The fourth-order valence-electron chi connectivity index (χ4n) is 4.34. The summed E-state index contributed by atoms with van der Waals surface area (Å²) in [4.78, 5) is 29.6. The maximum Gasteiger partial charge on any atom is 0.338 e. The normalized spacial score (nSPS) is 13.1. The molecule has 192 valence electrons. The van der Waals surface area contributed by atoms with Gasteiger partial charge in [0.2, 0.25) is 11.8 Å². The zero-order valence-electron chi connectivity index (χ0n) is 21.3.